The number of rotatable bonds is 7. The summed E-state index contributed by atoms with van der Waals surface area (Å²) >= 11 is 1.79. The first-order chi connectivity index (χ1) is 12.7. The normalized spacial score (nSPS) is 15.8. The third-order valence-electron chi connectivity index (χ3n) is 5.30. The third kappa shape index (κ3) is 4.93. The molecule has 138 valence electrons. The molecule has 0 amide bonds. The second-order valence-electron chi connectivity index (χ2n) is 7.10. The third-order valence-corrected chi connectivity index (χ3v) is 6.05. The van der Waals surface area contributed by atoms with Crippen LogP contribution in [0, 0.1) is 12.8 Å². The van der Waals surface area contributed by atoms with Crippen LogP contribution in [0.15, 0.2) is 66.1 Å². The second-order valence-corrected chi connectivity index (χ2v) is 7.98. The van der Waals surface area contributed by atoms with Crippen LogP contribution in [-0.2, 0) is 0 Å². The number of allylic oxidation sites excluding steroid dienone is 1. The van der Waals surface area contributed by atoms with Crippen molar-refractivity contribution >= 4 is 23.1 Å². The number of likely N-dealkylation sites (tertiary alicyclic amines) is 1. The number of hydrogen-bond donors (Lipinski definition) is 0. The van der Waals surface area contributed by atoms with Gasteiger partial charge in [-0.1, -0.05) is 18.2 Å². The summed E-state index contributed by atoms with van der Waals surface area (Å²) in [5.41, 5.74) is 3.86. The quantitative estimate of drug-likeness (QED) is 0.455. The van der Waals surface area contributed by atoms with E-state index >= 15 is 0 Å². The van der Waals surface area contributed by atoms with Crippen molar-refractivity contribution in [1.29, 1.82) is 0 Å². The SMILES string of the molecule is C=CC1CCN(CCN(c2ccc(SC)cc2)c2cccc(C)c2)CC1. The molecule has 3 rings (SSSR count). The van der Waals surface area contributed by atoms with Crippen molar-refractivity contribution in [2.24, 2.45) is 5.92 Å². The highest BCUT2D eigenvalue weighted by atomic mass is 32.2. The lowest BCUT2D eigenvalue weighted by Crippen LogP contribution is -2.38. The van der Waals surface area contributed by atoms with Crippen LogP contribution >= 0.6 is 11.8 Å². The Morgan fingerprint density at radius 1 is 1.12 bits per heavy atom. The van der Waals surface area contributed by atoms with Crippen LogP contribution in [0.4, 0.5) is 11.4 Å². The fourth-order valence-electron chi connectivity index (χ4n) is 3.62. The van der Waals surface area contributed by atoms with Crippen LogP contribution in [0.25, 0.3) is 0 Å². The number of anilines is 2. The minimum absolute atomic E-state index is 0.707. The summed E-state index contributed by atoms with van der Waals surface area (Å²) in [5.74, 6) is 0.707. The fourth-order valence-corrected chi connectivity index (χ4v) is 4.03. The van der Waals surface area contributed by atoms with E-state index < -0.39 is 0 Å². The molecule has 0 aliphatic carbocycles. The molecule has 0 saturated carbocycles. The van der Waals surface area contributed by atoms with Gasteiger partial charge < -0.3 is 9.80 Å². The Bertz CT molecular complexity index is 702. The molecule has 0 spiro atoms. The minimum Gasteiger partial charge on any atom is -0.340 e. The molecule has 0 N–H and O–H groups in total. The van der Waals surface area contributed by atoms with E-state index in [4.69, 9.17) is 0 Å². The largest absolute Gasteiger partial charge is 0.340 e. The van der Waals surface area contributed by atoms with Crippen molar-refractivity contribution < 1.29 is 0 Å². The van der Waals surface area contributed by atoms with E-state index in [9.17, 15) is 0 Å². The molecule has 0 unspecified atom stereocenters. The molecule has 0 atom stereocenters. The summed E-state index contributed by atoms with van der Waals surface area (Å²) in [6, 6.07) is 17.8. The van der Waals surface area contributed by atoms with Gasteiger partial charge in [0.15, 0.2) is 0 Å². The Morgan fingerprint density at radius 2 is 1.85 bits per heavy atom. The molecular weight excluding hydrogens is 336 g/mol. The summed E-state index contributed by atoms with van der Waals surface area (Å²) in [5, 5.41) is 0. The van der Waals surface area contributed by atoms with Crippen molar-refractivity contribution in [3.63, 3.8) is 0 Å². The first-order valence-electron chi connectivity index (χ1n) is 9.53. The first kappa shape index (κ1) is 19.1. The van der Waals surface area contributed by atoms with Gasteiger partial charge in [-0.15, -0.1) is 18.3 Å². The Kier molecular flexibility index (Phi) is 6.81. The molecule has 1 aliphatic heterocycles. The van der Waals surface area contributed by atoms with Crippen molar-refractivity contribution in [2.75, 3.05) is 37.3 Å². The van der Waals surface area contributed by atoms with Crippen LogP contribution in [0.3, 0.4) is 0 Å². The molecule has 1 fully saturated rings. The van der Waals surface area contributed by atoms with Gasteiger partial charge in [0.1, 0.15) is 0 Å². The van der Waals surface area contributed by atoms with E-state index in [1.54, 1.807) is 11.8 Å². The van der Waals surface area contributed by atoms with Gasteiger partial charge in [0.2, 0.25) is 0 Å². The molecule has 1 heterocycles. The van der Waals surface area contributed by atoms with Crippen molar-refractivity contribution in [3.05, 3.63) is 66.7 Å². The predicted octanol–water partition coefficient (Wildman–Crippen LogP) is 5.75. The average molecular weight is 367 g/mol. The summed E-state index contributed by atoms with van der Waals surface area (Å²) in [7, 11) is 0. The molecule has 0 bridgehead atoms. The lowest BCUT2D eigenvalue weighted by atomic mass is 9.97. The van der Waals surface area contributed by atoms with Gasteiger partial charge in [-0.2, -0.15) is 0 Å². The summed E-state index contributed by atoms with van der Waals surface area (Å²) in [6.07, 6.45) is 6.75. The average Bonchev–Trinajstić information content (AvgIpc) is 2.69. The summed E-state index contributed by atoms with van der Waals surface area (Å²) < 4.78 is 0. The molecule has 1 saturated heterocycles. The molecule has 0 aromatic heterocycles. The Hall–Kier alpha value is -1.71. The molecular formula is C23H30N2S. The summed E-state index contributed by atoms with van der Waals surface area (Å²) in [4.78, 5) is 6.36. The van der Waals surface area contributed by atoms with Crippen LogP contribution in [0.1, 0.15) is 18.4 Å². The highest BCUT2D eigenvalue weighted by Gasteiger charge is 2.18. The maximum Gasteiger partial charge on any atom is 0.0413 e. The van der Waals surface area contributed by atoms with Crippen LogP contribution < -0.4 is 4.90 Å². The maximum atomic E-state index is 3.96. The van der Waals surface area contributed by atoms with Crippen molar-refractivity contribution in [2.45, 2.75) is 24.7 Å². The van der Waals surface area contributed by atoms with E-state index in [0.29, 0.717) is 5.92 Å². The van der Waals surface area contributed by atoms with E-state index in [2.05, 4.69) is 84.2 Å². The number of benzene rings is 2. The predicted molar refractivity (Wildman–Crippen MR) is 116 cm³/mol. The van der Waals surface area contributed by atoms with Crippen LogP contribution in [0.2, 0.25) is 0 Å². The van der Waals surface area contributed by atoms with Crippen molar-refractivity contribution in [3.8, 4) is 0 Å². The van der Waals surface area contributed by atoms with E-state index in [0.717, 1.165) is 13.1 Å². The van der Waals surface area contributed by atoms with Gasteiger partial charge in [-0.05, 0) is 87.0 Å². The van der Waals surface area contributed by atoms with Gasteiger partial charge >= 0.3 is 0 Å². The lowest BCUT2D eigenvalue weighted by Gasteiger charge is -2.33. The Morgan fingerprint density at radius 3 is 2.46 bits per heavy atom. The topological polar surface area (TPSA) is 6.48 Å². The number of aryl methyl sites for hydroxylation is 1. The van der Waals surface area contributed by atoms with Gasteiger partial charge in [-0.3, -0.25) is 0 Å². The van der Waals surface area contributed by atoms with Gasteiger partial charge in [0, 0.05) is 29.4 Å². The zero-order valence-electron chi connectivity index (χ0n) is 16.0. The monoisotopic (exact) mass is 366 g/mol. The van der Waals surface area contributed by atoms with Crippen molar-refractivity contribution in [1.82, 2.24) is 4.90 Å². The molecule has 1 aliphatic rings. The fraction of sp³-hybridized carbons (Fsp3) is 0.391. The molecule has 2 aromatic rings. The van der Waals surface area contributed by atoms with Gasteiger partial charge in [0.05, 0.1) is 0 Å². The second kappa shape index (κ2) is 9.29. The number of nitrogens with zero attached hydrogens (tertiary/aromatic N) is 2. The highest BCUT2D eigenvalue weighted by molar-refractivity contribution is 7.98. The standard InChI is InChI=1S/C23H30N2S/c1-4-20-12-14-24(15-13-20)16-17-25(22-7-5-6-19(2)18-22)21-8-10-23(26-3)11-9-21/h4-11,18,20H,1,12-17H2,2-3H3. The minimum atomic E-state index is 0.707. The van der Waals surface area contributed by atoms with Gasteiger partial charge in [-0.25, -0.2) is 0 Å². The van der Waals surface area contributed by atoms with Crippen LogP contribution in [0.5, 0.6) is 0 Å². The molecule has 3 heteroatoms. The molecule has 26 heavy (non-hydrogen) atoms. The zero-order chi connectivity index (χ0) is 18.4. The molecule has 2 aromatic carbocycles. The molecule has 2 nitrogen and oxygen atoms in total. The smallest absolute Gasteiger partial charge is 0.0413 e. The zero-order valence-corrected chi connectivity index (χ0v) is 16.8. The lowest BCUT2D eigenvalue weighted by molar-refractivity contribution is 0.208. The Balaban J connectivity index is 1.73. The van der Waals surface area contributed by atoms with E-state index in [-0.39, 0.29) is 0 Å². The molecule has 0 radical (unpaired) electrons. The number of hydrogen-bond acceptors (Lipinski definition) is 3. The van der Waals surface area contributed by atoms with Crippen LogP contribution in [-0.4, -0.2) is 37.3 Å². The maximum absolute atomic E-state index is 3.96. The summed E-state index contributed by atoms with van der Waals surface area (Å²) in [6.45, 7) is 10.6. The number of thioether (sulfide) groups is 1. The first-order valence-corrected chi connectivity index (χ1v) is 10.8. The number of piperidine rings is 1. The highest BCUT2D eigenvalue weighted by Crippen LogP contribution is 2.28. The van der Waals surface area contributed by atoms with E-state index in [1.165, 1.54) is 47.8 Å². The van der Waals surface area contributed by atoms with E-state index in [1.807, 2.05) is 0 Å². The Labute approximate surface area is 162 Å². The van der Waals surface area contributed by atoms with Gasteiger partial charge in [0.25, 0.3) is 0 Å².